The van der Waals surface area contributed by atoms with Crippen LogP contribution >= 0.6 is 0 Å². The fourth-order valence-electron chi connectivity index (χ4n) is 4.60. The number of morpholine rings is 1. The third-order valence-corrected chi connectivity index (χ3v) is 6.64. The van der Waals surface area contributed by atoms with E-state index in [0.717, 1.165) is 18.7 Å². The van der Waals surface area contributed by atoms with Gasteiger partial charge in [-0.05, 0) is 31.9 Å². The van der Waals surface area contributed by atoms with Crippen LogP contribution in [-0.4, -0.2) is 90.5 Å². The molecule has 194 valence electrons. The molecule has 0 aromatic heterocycles. The molecule has 2 fully saturated rings. The predicted molar refractivity (Wildman–Crippen MR) is 134 cm³/mol. The van der Waals surface area contributed by atoms with Crippen molar-refractivity contribution in [3.63, 3.8) is 0 Å². The topological polar surface area (TPSA) is 135 Å². The van der Waals surface area contributed by atoms with Gasteiger partial charge in [0.2, 0.25) is 0 Å². The highest BCUT2D eigenvalue weighted by molar-refractivity contribution is 6.41. The average molecular weight is 498 g/mol. The van der Waals surface area contributed by atoms with E-state index in [2.05, 4.69) is 16.3 Å². The number of nitriles is 1. The van der Waals surface area contributed by atoms with Crippen molar-refractivity contribution in [3.8, 4) is 6.07 Å². The maximum Gasteiger partial charge on any atom is 0.453 e. The first-order chi connectivity index (χ1) is 17.2. The summed E-state index contributed by atoms with van der Waals surface area (Å²) in [5, 5.41) is 31.1. The van der Waals surface area contributed by atoms with Crippen LogP contribution in [0.5, 0.6) is 0 Å². The summed E-state index contributed by atoms with van der Waals surface area (Å²) in [6.45, 7) is 7.69. The second kappa shape index (κ2) is 12.9. The number of ether oxygens (including phenoxy) is 2. The van der Waals surface area contributed by atoms with Crippen molar-refractivity contribution >= 4 is 19.1 Å². The number of hydrogen-bond acceptors (Lipinski definition) is 8. The van der Waals surface area contributed by atoms with Crippen LogP contribution in [0, 0.1) is 17.2 Å². The van der Waals surface area contributed by atoms with Crippen LogP contribution in [0.2, 0.25) is 6.32 Å². The molecule has 0 aliphatic carbocycles. The Bertz CT molecular complexity index is 959. The number of alkyl carbamates (subject to hydrolysis) is 1. The highest BCUT2D eigenvalue weighted by atomic mass is 16.5. The number of likely N-dealkylation sites (tertiary alicyclic amines) is 1. The van der Waals surface area contributed by atoms with E-state index in [9.17, 15) is 24.9 Å². The fraction of sp³-hybridized carbons (Fsp3) is 0.560. The van der Waals surface area contributed by atoms with Gasteiger partial charge in [0.05, 0.1) is 25.9 Å². The Morgan fingerprint density at radius 2 is 1.97 bits per heavy atom. The largest absolute Gasteiger partial charge is 0.453 e. The zero-order valence-corrected chi connectivity index (χ0v) is 20.9. The Morgan fingerprint density at radius 3 is 2.61 bits per heavy atom. The van der Waals surface area contributed by atoms with Gasteiger partial charge in [0.25, 0.3) is 5.91 Å². The number of amides is 2. The van der Waals surface area contributed by atoms with Crippen LogP contribution in [0.25, 0.3) is 0 Å². The molecule has 0 radical (unpaired) electrons. The van der Waals surface area contributed by atoms with Crippen molar-refractivity contribution in [2.75, 3.05) is 46.0 Å². The number of nitrogens with zero attached hydrogens (tertiary/aromatic N) is 3. The molecule has 0 bridgehead atoms. The molecule has 2 heterocycles. The van der Waals surface area contributed by atoms with Crippen molar-refractivity contribution in [3.05, 3.63) is 47.5 Å². The van der Waals surface area contributed by atoms with Gasteiger partial charge in [-0.2, -0.15) is 5.26 Å². The highest BCUT2D eigenvalue weighted by Gasteiger charge is 2.32. The van der Waals surface area contributed by atoms with Crippen LogP contribution < -0.4 is 5.32 Å². The van der Waals surface area contributed by atoms with Crippen LogP contribution in [0.1, 0.15) is 31.9 Å². The molecule has 0 spiro atoms. The van der Waals surface area contributed by atoms with Crippen molar-refractivity contribution in [1.29, 1.82) is 5.26 Å². The Kier molecular flexibility index (Phi) is 9.90. The lowest BCUT2D eigenvalue weighted by Crippen LogP contribution is -2.49. The van der Waals surface area contributed by atoms with Gasteiger partial charge >= 0.3 is 13.2 Å². The summed E-state index contributed by atoms with van der Waals surface area (Å²) >= 11 is 0. The highest BCUT2D eigenvalue weighted by Crippen LogP contribution is 2.23. The molecule has 3 N–H and O–H groups in total. The van der Waals surface area contributed by atoms with Gasteiger partial charge in [-0.25, -0.2) is 4.79 Å². The number of nitrogens with one attached hydrogen (secondary N) is 1. The zero-order valence-electron chi connectivity index (χ0n) is 20.9. The van der Waals surface area contributed by atoms with E-state index in [4.69, 9.17) is 9.47 Å². The van der Waals surface area contributed by atoms with Gasteiger partial charge < -0.3 is 29.7 Å². The Labute approximate surface area is 212 Å². The maximum absolute atomic E-state index is 13.1. The Morgan fingerprint density at radius 1 is 1.28 bits per heavy atom. The van der Waals surface area contributed by atoms with Crippen LogP contribution in [0.3, 0.4) is 0 Å². The minimum absolute atomic E-state index is 0.0505. The Balaban J connectivity index is 1.52. The molecule has 2 aliphatic heterocycles. The molecule has 1 aromatic carbocycles. The first-order valence-electron chi connectivity index (χ1n) is 12.3. The summed E-state index contributed by atoms with van der Waals surface area (Å²) in [5.74, 6) is -0.364. The standard InChI is InChI=1S/C25H35BN4O6/c1-25(2,30-10-12-35-13-11-30)14-21(16-27)23(31)29-9-8-19(17-29)18-36-24(32)28-22(15-26(33)34)20-6-4-3-5-7-20/h3-7,14,19,22,33-34H,8-13,15,17-18H2,1-2H3,(H,28,32)/t19-,22+/m0/s1. The lowest BCUT2D eigenvalue weighted by molar-refractivity contribution is -0.125. The van der Waals surface area contributed by atoms with E-state index in [1.54, 1.807) is 35.2 Å². The third kappa shape index (κ3) is 7.80. The number of hydrogen-bond donors (Lipinski definition) is 3. The zero-order chi connectivity index (χ0) is 26.1. The molecule has 10 nitrogen and oxygen atoms in total. The number of benzene rings is 1. The summed E-state index contributed by atoms with van der Waals surface area (Å²) in [4.78, 5) is 29.3. The molecule has 36 heavy (non-hydrogen) atoms. The minimum atomic E-state index is -1.58. The molecule has 11 heteroatoms. The van der Waals surface area contributed by atoms with Crippen molar-refractivity contribution in [2.24, 2.45) is 5.92 Å². The number of carbonyl (C=O) groups is 2. The van der Waals surface area contributed by atoms with Gasteiger partial charge in [0.1, 0.15) is 11.6 Å². The van der Waals surface area contributed by atoms with Gasteiger partial charge in [-0.15, -0.1) is 0 Å². The first-order valence-corrected chi connectivity index (χ1v) is 12.3. The second-order valence-corrected chi connectivity index (χ2v) is 9.75. The first kappa shape index (κ1) is 27.7. The van der Waals surface area contributed by atoms with E-state index in [0.29, 0.717) is 32.7 Å². The average Bonchev–Trinajstić information content (AvgIpc) is 3.35. The van der Waals surface area contributed by atoms with Crippen LogP contribution in [0.15, 0.2) is 42.0 Å². The van der Waals surface area contributed by atoms with E-state index in [1.165, 1.54) is 0 Å². The van der Waals surface area contributed by atoms with Crippen molar-refractivity contribution in [2.45, 2.75) is 38.2 Å². The summed E-state index contributed by atoms with van der Waals surface area (Å²) in [7, 11) is -1.58. The molecule has 3 rings (SSSR count). The summed E-state index contributed by atoms with van der Waals surface area (Å²) in [6, 6.07) is 10.5. The van der Waals surface area contributed by atoms with Crippen molar-refractivity contribution in [1.82, 2.24) is 15.1 Å². The van der Waals surface area contributed by atoms with Crippen molar-refractivity contribution < 1.29 is 29.1 Å². The second-order valence-electron chi connectivity index (χ2n) is 9.75. The molecule has 1 aromatic rings. The van der Waals surface area contributed by atoms with Gasteiger partial charge in [0.15, 0.2) is 0 Å². The minimum Gasteiger partial charge on any atom is -0.449 e. The monoisotopic (exact) mass is 498 g/mol. The predicted octanol–water partition coefficient (Wildman–Crippen LogP) is 1.34. The Hall–Kier alpha value is -2.91. The summed E-state index contributed by atoms with van der Waals surface area (Å²) < 4.78 is 10.8. The van der Waals surface area contributed by atoms with Crippen LogP contribution in [0.4, 0.5) is 4.79 Å². The number of rotatable bonds is 9. The smallest absolute Gasteiger partial charge is 0.449 e. The molecule has 0 saturated carbocycles. The lowest BCUT2D eigenvalue weighted by Gasteiger charge is -2.39. The molecule has 2 saturated heterocycles. The van der Waals surface area contributed by atoms with E-state index >= 15 is 0 Å². The van der Waals surface area contributed by atoms with E-state index in [1.807, 2.05) is 19.9 Å². The maximum atomic E-state index is 13.1. The fourth-order valence-corrected chi connectivity index (χ4v) is 4.60. The number of carbonyl (C=O) groups excluding carboxylic acids is 2. The lowest BCUT2D eigenvalue weighted by atomic mass is 9.79. The van der Waals surface area contributed by atoms with Crippen LogP contribution in [-0.2, 0) is 14.3 Å². The summed E-state index contributed by atoms with van der Waals surface area (Å²) in [5.41, 5.74) is 0.387. The molecule has 2 atom stereocenters. The normalized spacial score (nSPS) is 19.9. The molecular weight excluding hydrogens is 463 g/mol. The SMILES string of the molecule is CC(C)(C=C(C#N)C(=O)N1CC[C@H](COC(=O)N[C@H](CB(O)O)c2ccccc2)C1)N1CCOCC1. The summed E-state index contributed by atoms with van der Waals surface area (Å²) in [6.07, 6.45) is 1.65. The molecule has 2 aliphatic rings. The molecule has 2 amide bonds. The van der Waals surface area contributed by atoms with Gasteiger partial charge in [-0.1, -0.05) is 30.3 Å². The molecule has 0 unspecified atom stereocenters. The van der Waals surface area contributed by atoms with Gasteiger partial charge in [-0.3, -0.25) is 9.69 Å². The third-order valence-electron chi connectivity index (χ3n) is 6.64. The quantitative estimate of drug-likeness (QED) is 0.264. The molecular formula is C25H35BN4O6. The van der Waals surface area contributed by atoms with Gasteiger partial charge in [0, 0.05) is 44.0 Å². The van der Waals surface area contributed by atoms with E-state index in [-0.39, 0.29) is 30.3 Å². The van der Waals surface area contributed by atoms with E-state index < -0.39 is 24.8 Å².